The largest absolute Gasteiger partial charge is 0.544 e. The number of aromatic amines is 1. The summed E-state index contributed by atoms with van der Waals surface area (Å²) in [5, 5.41) is 11.2. The van der Waals surface area contributed by atoms with Crippen molar-refractivity contribution in [3.05, 3.63) is 62.0 Å². The highest BCUT2D eigenvalue weighted by Gasteiger charge is 2.16. The third-order valence-electron chi connectivity index (χ3n) is 3.45. The van der Waals surface area contributed by atoms with Gasteiger partial charge >= 0.3 is 0 Å². The lowest BCUT2D eigenvalue weighted by molar-refractivity contribution is -0.254. The van der Waals surface area contributed by atoms with Crippen molar-refractivity contribution >= 4 is 50.2 Å². The van der Waals surface area contributed by atoms with Crippen LogP contribution in [-0.2, 0) is 0 Å². The molecule has 0 radical (unpaired) electrons. The summed E-state index contributed by atoms with van der Waals surface area (Å²) in [5.41, 5.74) is -0.0245. The third-order valence-corrected chi connectivity index (χ3v) is 4.90. The van der Waals surface area contributed by atoms with E-state index < -0.39 is 23.2 Å². The second-order valence-electron chi connectivity index (χ2n) is 5.10. The van der Waals surface area contributed by atoms with E-state index in [1.807, 2.05) is 0 Å². The molecule has 0 aliphatic heterocycles. The van der Waals surface area contributed by atoms with E-state index in [-0.39, 0.29) is 37.1 Å². The van der Waals surface area contributed by atoms with Gasteiger partial charge in [0.2, 0.25) is 0 Å². The highest BCUT2D eigenvalue weighted by Crippen LogP contribution is 2.28. The van der Waals surface area contributed by atoms with Gasteiger partial charge < -0.3 is 14.9 Å². The fraction of sp³-hybridized carbons (Fsp3) is 0.0625. The molecule has 0 saturated heterocycles. The van der Waals surface area contributed by atoms with Crippen LogP contribution in [-0.4, -0.2) is 15.9 Å². The maximum absolute atomic E-state index is 13.2. The first-order valence-corrected chi connectivity index (χ1v) is 8.04. The molecule has 0 saturated carbocycles. The van der Waals surface area contributed by atoms with Gasteiger partial charge in [-0.15, -0.1) is 11.3 Å². The summed E-state index contributed by atoms with van der Waals surface area (Å²) in [6.45, 7) is 1.49. The van der Waals surface area contributed by atoms with Crippen molar-refractivity contribution in [3.8, 4) is 0 Å². The van der Waals surface area contributed by atoms with Crippen LogP contribution in [0.1, 0.15) is 26.6 Å². The first kappa shape index (κ1) is 17.2. The second kappa shape index (κ2) is 6.38. The highest BCUT2D eigenvalue weighted by atomic mass is 35.5. The van der Waals surface area contributed by atoms with Crippen LogP contribution < -0.4 is 10.7 Å². The van der Waals surface area contributed by atoms with E-state index in [0.717, 1.165) is 23.5 Å². The van der Waals surface area contributed by atoms with Crippen molar-refractivity contribution in [2.75, 3.05) is 0 Å². The molecule has 1 aromatic carbocycles. The molecule has 1 N–H and O–H groups in total. The maximum atomic E-state index is 13.2. The van der Waals surface area contributed by atoms with Crippen molar-refractivity contribution in [1.29, 1.82) is 0 Å². The summed E-state index contributed by atoms with van der Waals surface area (Å²) in [6, 6.07) is 3.19. The minimum atomic E-state index is -1.40. The van der Waals surface area contributed by atoms with Crippen LogP contribution in [0.25, 0.3) is 21.3 Å². The molecule has 0 aliphatic rings. The zero-order valence-corrected chi connectivity index (χ0v) is 14.1. The smallest absolute Gasteiger partial charge is 0.260 e. The maximum Gasteiger partial charge on any atom is 0.260 e. The predicted molar refractivity (Wildman–Crippen MR) is 89.4 cm³/mol. The van der Waals surface area contributed by atoms with E-state index in [0.29, 0.717) is 0 Å². The average molecular weight is 382 g/mol. The Kier molecular flexibility index (Phi) is 4.40. The number of rotatable bonds is 3. The summed E-state index contributed by atoms with van der Waals surface area (Å²) in [6.07, 6.45) is 1.30. The number of nitrogens with one attached hydrogen (secondary N) is 1. The van der Waals surface area contributed by atoms with Crippen molar-refractivity contribution < 1.29 is 18.7 Å². The molecule has 25 heavy (non-hydrogen) atoms. The Morgan fingerprint density at radius 1 is 1.36 bits per heavy atom. The van der Waals surface area contributed by atoms with Crippen LogP contribution in [0, 0.1) is 18.6 Å². The number of nitrogens with zero attached hydrogens (tertiary/aromatic N) is 1. The number of hydrogen-bond donors (Lipinski definition) is 1. The van der Waals surface area contributed by atoms with Crippen LogP contribution in [0.5, 0.6) is 0 Å². The number of halogens is 3. The molecule has 9 heteroatoms. The van der Waals surface area contributed by atoms with E-state index in [9.17, 15) is 23.5 Å². The number of thiophene rings is 1. The Balaban J connectivity index is 2.12. The van der Waals surface area contributed by atoms with Crippen LogP contribution in [0.2, 0.25) is 0 Å². The minimum Gasteiger partial charge on any atom is -0.544 e. The first-order chi connectivity index (χ1) is 11.8. The number of aromatic nitrogens is 2. The van der Waals surface area contributed by atoms with Gasteiger partial charge in [-0.3, -0.25) is 4.79 Å². The lowest BCUT2D eigenvalue weighted by Gasteiger charge is -2.01. The number of hydrogen-bond acceptors (Lipinski definition) is 5. The first-order valence-electron chi connectivity index (χ1n) is 6.85. The van der Waals surface area contributed by atoms with Crippen LogP contribution in [0.3, 0.4) is 0 Å². The van der Waals surface area contributed by atoms with E-state index in [1.54, 1.807) is 0 Å². The molecule has 2 aromatic heterocycles. The molecule has 0 atom stereocenters. The number of H-pyrrole nitrogens is 1. The molecule has 5 nitrogen and oxygen atoms in total. The lowest BCUT2D eigenvalue weighted by atomic mass is 10.2. The zero-order chi connectivity index (χ0) is 18.3. The van der Waals surface area contributed by atoms with Gasteiger partial charge in [0, 0.05) is 0 Å². The van der Waals surface area contributed by atoms with Crippen molar-refractivity contribution in [3.63, 3.8) is 0 Å². The van der Waals surface area contributed by atoms with Gasteiger partial charge in [0.25, 0.3) is 5.56 Å². The van der Waals surface area contributed by atoms with Gasteiger partial charge in [0.1, 0.15) is 4.83 Å². The van der Waals surface area contributed by atoms with Crippen LogP contribution in [0.15, 0.2) is 23.0 Å². The summed E-state index contributed by atoms with van der Waals surface area (Å²) in [7, 11) is 0. The molecule has 3 rings (SSSR count). The normalized spacial score (nSPS) is 11.9. The molecular formula is C16H8ClF2N2O3S-. The molecule has 128 valence electrons. The number of fused-ring (bicyclic) bond motifs is 1. The Morgan fingerprint density at radius 2 is 2.08 bits per heavy atom. The van der Waals surface area contributed by atoms with Gasteiger partial charge in [-0.25, -0.2) is 13.8 Å². The average Bonchev–Trinajstić information content (AvgIpc) is 2.88. The molecule has 0 bridgehead atoms. The molecule has 3 aromatic rings. The van der Waals surface area contributed by atoms with Gasteiger partial charge in [0.05, 0.1) is 21.3 Å². The Hall–Kier alpha value is -2.58. The Labute approximate surface area is 148 Å². The predicted octanol–water partition coefficient (Wildman–Crippen LogP) is 2.67. The van der Waals surface area contributed by atoms with Crippen molar-refractivity contribution in [2.24, 2.45) is 0 Å². The standard InChI is InChI=1S/C16H9ClF2N2O3S/c1-6-11-14(22)20-13(21-15(11)25-12(6)16(23)24)8(17)4-7-2-3-9(18)10(19)5-7/h2-5H,1H3,(H,23,24)(H,20,21,22)/p-1/b8-4-. The summed E-state index contributed by atoms with van der Waals surface area (Å²) in [4.78, 5) is 30.0. The van der Waals surface area contributed by atoms with Crippen LogP contribution >= 0.6 is 22.9 Å². The molecule has 0 amide bonds. The zero-order valence-electron chi connectivity index (χ0n) is 12.5. The molecular weight excluding hydrogens is 374 g/mol. The van der Waals surface area contributed by atoms with Gasteiger partial charge in [0.15, 0.2) is 17.5 Å². The molecule has 0 unspecified atom stereocenters. The minimum absolute atomic E-state index is 0.0185. The lowest BCUT2D eigenvalue weighted by Crippen LogP contribution is -2.21. The number of carboxylic acid groups (broad SMARTS) is 1. The third kappa shape index (κ3) is 3.18. The quantitative estimate of drug-likeness (QED) is 0.755. The fourth-order valence-corrected chi connectivity index (χ4v) is 3.50. The van der Waals surface area contributed by atoms with Crippen molar-refractivity contribution in [2.45, 2.75) is 6.92 Å². The van der Waals surface area contributed by atoms with Crippen LogP contribution in [0.4, 0.5) is 8.78 Å². The van der Waals surface area contributed by atoms with Gasteiger partial charge in [-0.05, 0) is 36.3 Å². The molecule has 0 fully saturated rings. The summed E-state index contributed by atoms with van der Waals surface area (Å²) in [5.74, 6) is -3.45. The van der Waals surface area contributed by atoms with Gasteiger partial charge in [-0.2, -0.15) is 0 Å². The molecule has 0 aliphatic carbocycles. The number of carbonyl (C=O) groups excluding carboxylic acids is 1. The monoisotopic (exact) mass is 381 g/mol. The Bertz CT molecular complexity index is 1100. The number of aromatic carboxylic acids is 1. The van der Waals surface area contributed by atoms with E-state index in [4.69, 9.17) is 11.6 Å². The fourth-order valence-electron chi connectivity index (χ4n) is 2.27. The Morgan fingerprint density at radius 3 is 2.72 bits per heavy atom. The summed E-state index contributed by atoms with van der Waals surface area (Å²) < 4.78 is 26.2. The topological polar surface area (TPSA) is 85.9 Å². The highest BCUT2D eigenvalue weighted by molar-refractivity contribution is 7.20. The van der Waals surface area contributed by atoms with Crippen molar-refractivity contribution in [1.82, 2.24) is 9.97 Å². The van der Waals surface area contributed by atoms with E-state index in [1.165, 1.54) is 19.1 Å². The number of carbonyl (C=O) groups is 1. The number of benzene rings is 1. The summed E-state index contributed by atoms with van der Waals surface area (Å²) >= 11 is 6.90. The van der Waals surface area contributed by atoms with E-state index in [2.05, 4.69) is 9.97 Å². The second-order valence-corrected chi connectivity index (χ2v) is 6.51. The van der Waals surface area contributed by atoms with E-state index >= 15 is 0 Å². The SMILES string of the molecule is Cc1c(C(=O)[O-])sc2nc(/C(Cl)=C/c3ccc(F)c(F)c3)[nH]c(=O)c12. The number of aryl methyl sites for hydroxylation is 1. The van der Waals surface area contributed by atoms with Gasteiger partial charge in [-0.1, -0.05) is 17.7 Å². The molecule has 2 heterocycles. The molecule has 0 spiro atoms. The number of carboxylic acids is 1.